The highest BCUT2D eigenvalue weighted by molar-refractivity contribution is 7.10. The molecule has 0 bridgehead atoms. The second-order valence-corrected chi connectivity index (χ2v) is 7.58. The van der Waals surface area contributed by atoms with Gasteiger partial charge in [-0.25, -0.2) is 4.79 Å². The molecule has 1 aromatic carbocycles. The van der Waals surface area contributed by atoms with Crippen LogP contribution in [0.25, 0.3) is 0 Å². The minimum atomic E-state index is -0.393. The minimum Gasteiger partial charge on any atom is -0.335 e. The summed E-state index contributed by atoms with van der Waals surface area (Å²) in [7, 11) is 0. The molecule has 2 aromatic rings. The molecule has 6 heteroatoms. The number of amides is 3. The summed E-state index contributed by atoms with van der Waals surface area (Å²) in [5.74, 6) is -0.323. The van der Waals surface area contributed by atoms with Crippen LogP contribution in [0.2, 0.25) is 0 Å². The van der Waals surface area contributed by atoms with Crippen molar-refractivity contribution in [1.82, 2.24) is 16.0 Å². The molecular weight excluding hydrogens is 346 g/mol. The van der Waals surface area contributed by atoms with Crippen LogP contribution >= 0.6 is 11.3 Å². The number of carbonyl (C=O) groups is 2. The number of hydrogen-bond donors (Lipinski definition) is 3. The second-order valence-electron chi connectivity index (χ2n) is 6.60. The maximum atomic E-state index is 12.2. The first-order chi connectivity index (χ1) is 12.7. The van der Waals surface area contributed by atoms with Crippen LogP contribution < -0.4 is 16.0 Å². The van der Waals surface area contributed by atoms with E-state index >= 15 is 0 Å². The van der Waals surface area contributed by atoms with E-state index in [2.05, 4.69) is 16.0 Å². The lowest BCUT2D eigenvalue weighted by molar-refractivity contribution is -0.119. The van der Waals surface area contributed by atoms with Crippen LogP contribution in [0.4, 0.5) is 4.79 Å². The molecule has 0 spiro atoms. The van der Waals surface area contributed by atoms with Crippen molar-refractivity contribution in [2.24, 2.45) is 0 Å². The van der Waals surface area contributed by atoms with Crippen LogP contribution in [0.5, 0.6) is 0 Å². The smallest absolute Gasteiger partial charge is 0.321 e. The molecule has 3 N–H and O–H groups in total. The summed E-state index contributed by atoms with van der Waals surface area (Å²) in [6.07, 6.45) is 5.49. The molecule has 3 rings (SSSR count). The van der Waals surface area contributed by atoms with Crippen molar-refractivity contribution in [3.63, 3.8) is 0 Å². The summed E-state index contributed by atoms with van der Waals surface area (Å²) in [6, 6.07) is 13.8. The van der Waals surface area contributed by atoms with Crippen molar-refractivity contribution >= 4 is 23.3 Å². The lowest BCUT2D eigenvalue weighted by atomic mass is 9.96. The van der Waals surface area contributed by atoms with Crippen LogP contribution in [0.3, 0.4) is 0 Å². The first-order valence-electron chi connectivity index (χ1n) is 9.14. The quantitative estimate of drug-likeness (QED) is 0.727. The average Bonchev–Trinajstić information content (AvgIpc) is 3.18. The van der Waals surface area contributed by atoms with Crippen LogP contribution in [-0.2, 0) is 4.79 Å². The van der Waals surface area contributed by atoms with E-state index in [1.54, 1.807) is 11.3 Å². The molecule has 1 atom stereocenters. The third kappa shape index (κ3) is 5.41. The molecule has 1 aliphatic rings. The van der Waals surface area contributed by atoms with Crippen molar-refractivity contribution in [2.75, 3.05) is 6.54 Å². The van der Waals surface area contributed by atoms with Gasteiger partial charge in [0.05, 0.1) is 12.6 Å². The molecule has 1 saturated carbocycles. The van der Waals surface area contributed by atoms with Gasteiger partial charge in [-0.3, -0.25) is 15.4 Å². The zero-order valence-electron chi connectivity index (χ0n) is 14.7. The van der Waals surface area contributed by atoms with E-state index < -0.39 is 6.03 Å². The van der Waals surface area contributed by atoms with E-state index in [0.29, 0.717) is 0 Å². The van der Waals surface area contributed by atoms with Crippen LogP contribution in [0, 0.1) is 0 Å². The Kier molecular flexibility index (Phi) is 6.80. The normalized spacial score (nSPS) is 16.0. The molecule has 0 aliphatic heterocycles. The Balaban J connectivity index is 1.52. The first kappa shape index (κ1) is 18.6. The fourth-order valence-electron chi connectivity index (χ4n) is 3.32. The van der Waals surface area contributed by atoms with E-state index in [4.69, 9.17) is 0 Å². The fraction of sp³-hybridized carbons (Fsp3) is 0.400. The standard InChI is InChI=1S/C20H25N3O2S/c24-18(23-20(25)22-16-10-5-2-6-11-16)14-21-19(17-12-7-13-26-17)15-8-3-1-4-9-15/h1,3-4,7-9,12-13,16,19,21H,2,5-6,10-11,14H2,(H2,22,23,24,25)/t19-/m1/s1. The molecule has 1 aliphatic carbocycles. The molecule has 3 amide bonds. The number of thiophene rings is 1. The van der Waals surface area contributed by atoms with E-state index in [9.17, 15) is 9.59 Å². The highest BCUT2D eigenvalue weighted by Crippen LogP contribution is 2.25. The summed E-state index contributed by atoms with van der Waals surface area (Å²) in [4.78, 5) is 25.3. The molecular formula is C20H25N3O2S. The molecule has 138 valence electrons. The highest BCUT2D eigenvalue weighted by Gasteiger charge is 2.19. The molecule has 0 unspecified atom stereocenters. The minimum absolute atomic E-state index is 0.0663. The van der Waals surface area contributed by atoms with Gasteiger partial charge in [-0.2, -0.15) is 0 Å². The maximum Gasteiger partial charge on any atom is 0.321 e. The molecule has 1 heterocycles. The first-order valence-corrected chi connectivity index (χ1v) is 10.0. The van der Waals surface area contributed by atoms with Gasteiger partial charge < -0.3 is 5.32 Å². The van der Waals surface area contributed by atoms with E-state index in [1.807, 2.05) is 47.8 Å². The van der Waals surface area contributed by atoms with Crippen molar-refractivity contribution in [3.05, 3.63) is 58.3 Å². The molecule has 1 aromatic heterocycles. The van der Waals surface area contributed by atoms with Crippen molar-refractivity contribution in [2.45, 2.75) is 44.2 Å². The van der Waals surface area contributed by atoms with Gasteiger partial charge in [-0.05, 0) is 29.9 Å². The van der Waals surface area contributed by atoms with Gasteiger partial charge in [0, 0.05) is 10.9 Å². The maximum absolute atomic E-state index is 12.2. The predicted octanol–water partition coefficient (Wildman–Crippen LogP) is 3.59. The zero-order valence-corrected chi connectivity index (χ0v) is 15.6. The van der Waals surface area contributed by atoms with Crippen molar-refractivity contribution in [3.8, 4) is 0 Å². The Morgan fingerprint density at radius 3 is 2.50 bits per heavy atom. The Morgan fingerprint density at radius 1 is 1.04 bits per heavy atom. The van der Waals surface area contributed by atoms with Crippen molar-refractivity contribution in [1.29, 1.82) is 0 Å². The Bertz CT molecular complexity index is 697. The Morgan fingerprint density at radius 2 is 1.81 bits per heavy atom. The summed E-state index contributed by atoms with van der Waals surface area (Å²) < 4.78 is 0. The Labute approximate surface area is 158 Å². The van der Waals surface area contributed by atoms with E-state index in [0.717, 1.165) is 36.1 Å². The van der Waals surface area contributed by atoms with Crippen molar-refractivity contribution < 1.29 is 9.59 Å². The van der Waals surface area contributed by atoms with Gasteiger partial charge in [0.1, 0.15) is 0 Å². The van der Waals surface area contributed by atoms with Gasteiger partial charge in [0.2, 0.25) is 5.91 Å². The molecule has 0 radical (unpaired) electrons. The number of rotatable bonds is 6. The fourth-order valence-corrected chi connectivity index (χ4v) is 4.14. The predicted molar refractivity (Wildman–Crippen MR) is 104 cm³/mol. The Hall–Kier alpha value is -2.18. The summed E-state index contributed by atoms with van der Waals surface area (Å²) >= 11 is 1.64. The largest absolute Gasteiger partial charge is 0.335 e. The summed E-state index contributed by atoms with van der Waals surface area (Å²) in [5.41, 5.74) is 1.09. The van der Waals surface area contributed by atoms with Crippen LogP contribution in [0.15, 0.2) is 47.8 Å². The van der Waals surface area contributed by atoms with Crippen LogP contribution in [-0.4, -0.2) is 24.5 Å². The second kappa shape index (κ2) is 9.50. The highest BCUT2D eigenvalue weighted by atomic mass is 32.1. The van der Waals surface area contributed by atoms with Gasteiger partial charge in [-0.1, -0.05) is 55.7 Å². The lowest BCUT2D eigenvalue weighted by Gasteiger charge is -2.23. The lowest BCUT2D eigenvalue weighted by Crippen LogP contribution is -2.47. The molecule has 5 nitrogen and oxygen atoms in total. The SMILES string of the molecule is O=C(CN[C@H](c1ccccc1)c1cccs1)NC(=O)NC1CCCCC1. The van der Waals surface area contributed by atoms with E-state index in [1.165, 1.54) is 6.42 Å². The van der Waals surface area contributed by atoms with Gasteiger partial charge in [0.15, 0.2) is 0 Å². The molecule has 26 heavy (non-hydrogen) atoms. The molecule has 0 saturated heterocycles. The van der Waals surface area contributed by atoms with Gasteiger partial charge in [-0.15, -0.1) is 11.3 Å². The van der Waals surface area contributed by atoms with E-state index in [-0.39, 0.29) is 24.5 Å². The number of urea groups is 1. The number of hydrogen-bond acceptors (Lipinski definition) is 4. The number of imide groups is 1. The van der Waals surface area contributed by atoms with Gasteiger partial charge >= 0.3 is 6.03 Å². The summed E-state index contributed by atoms with van der Waals surface area (Å²) in [6.45, 7) is 0.0789. The number of carbonyl (C=O) groups excluding carboxylic acids is 2. The number of benzene rings is 1. The third-order valence-corrected chi connectivity index (χ3v) is 5.56. The average molecular weight is 372 g/mol. The number of nitrogens with one attached hydrogen (secondary N) is 3. The topological polar surface area (TPSA) is 70.2 Å². The zero-order chi connectivity index (χ0) is 18.2. The third-order valence-electron chi connectivity index (χ3n) is 4.62. The molecule has 1 fully saturated rings. The summed E-state index contributed by atoms with van der Waals surface area (Å²) in [5, 5.41) is 10.6. The van der Waals surface area contributed by atoms with Gasteiger partial charge in [0.25, 0.3) is 0 Å². The monoisotopic (exact) mass is 371 g/mol. The van der Waals surface area contributed by atoms with Crippen LogP contribution in [0.1, 0.15) is 48.6 Å².